The molecule has 0 saturated heterocycles. The third-order valence-electron chi connectivity index (χ3n) is 2.91. The summed E-state index contributed by atoms with van der Waals surface area (Å²) in [6, 6.07) is 16.8. The van der Waals surface area contributed by atoms with Crippen molar-refractivity contribution in [2.45, 2.75) is 6.10 Å². The van der Waals surface area contributed by atoms with E-state index in [2.05, 4.69) is 26.1 Å². The van der Waals surface area contributed by atoms with Crippen LogP contribution in [0.25, 0.3) is 11.4 Å². The lowest BCUT2D eigenvalue weighted by Crippen LogP contribution is -1.99. The second kappa shape index (κ2) is 5.56. The zero-order valence-electron chi connectivity index (χ0n) is 10.4. The van der Waals surface area contributed by atoms with Crippen molar-refractivity contribution in [3.05, 3.63) is 70.5 Å². The fourth-order valence-corrected chi connectivity index (χ4v) is 2.34. The third kappa shape index (κ3) is 2.50. The molecule has 1 heterocycles. The van der Waals surface area contributed by atoms with E-state index in [1.165, 1.54) is 0 Å². The fourth-order valence-electron chi connectivity index (χ4n) is 1.88. The van der Waals surface area contributed by atoms with E-state index in [4.69, 9.17) is 4.52 Å². The Morgan fingerprint density at radius 3 is 2.45 bits per heavy atom. The van der Waals surface area contributed by atoms with Gasteiger partial charge in [-0.25, -0.2) is 0 Å². The summed E-state index contributed by atoms with van der Waals surface area (Å²) in [6.07, 6.45) is -0.917. The first kappa shape index (κ1) is 13.0. The molecule has 0 aliphatic rings. The molecular weight excluding hydrogens is 320 g/mol. The molecule has 3 aromatic rings. The van der Waals surface area contributed by atoms with E-state index in [9.17, 15) is 5.11 Å². The van der Waals surface area contributed by atoms with Gasteiger partial charge in [0.2, 0.25) is 5.82 Å². The second-order valence-electron chi connectivity index (χ2n) is 4.25. The third-order valence-corrected chi connectivity index (χ3v) is 3.60. The summed E-state index contributed by atoms with van der Waals surface area (Å²) in [5.74, 6) is 0.629. The van der Waals surface area contributed by atoms with E-state index in [-0.39, 0.29) is 5.89 Å². The first-order valence-electron chi connectivity index (χ1n) is 6.07. The molecule has 1 unspecified atom stereocenters. The Bertz CT molecular complexity index is 713. The summed E-state index contributed by atoms with van der Waals surface area (Å²) in [7, 11) is 0. The van der Waals surface area contributed by atoms with E-state index in [0.29, 0.717) is 5.82 Å². The van der Waals surface area contributed by atoms with Crippen LogP contribution in [0.2, 0.25) is 0 Å². The van der Waals surface area contributed by atoms with Crippen molar-refractivity contribution in [3.8, 4) is 11.4 Å². The average Bonchev–Trinajstić information content (AvgIpc) is 2.97. The van der Waals surface area contributed by atoms with Crippen LogP contribution in [-0.2, 0) is 0 Å². The number of aliphatic hydroxyl groups excluding tert-OH is 1. The highest BCUT2D eigenvalue weighted by molar-refractivity contribution is 9.10. The van der Waals surface area contributed by atoms with Gasteiger partial charge in [0.25, 0.3) is 5.89 Å². The second-order valence-corrected chi connectivity index (χ2v) is 5.10. The molecule has 2 aromatic carbocycles. The first-order valence-corrected chi connectivity index (χ1v) is 6.86. The molecule has 1 atom stereocenters. The van der Waals surface area contributed by atoms with Crippen molar-refractivity contribution < 1.29 is 9.63 Å². The summed E-state index contributed by atoms with van der Waals surface area (Å²) in [4.78, 5) is 4.26. The van der Waals surface area contributed by atoms with Gasteiger partial charge in [-0.05, 0) is 17.7 Å². The minimum atomic E-state index is -0.917. The van der Waals surface area contributed by atoms with Crippen molar-refractivity contribution >= 4 is 15.9 Å². The van der Waals surface area contributed by atoms with Crippen molar-refractivity contribution in [1.82, 2.24) is 10.1 Å². The topological polar surface area (TPSA) is 59.2 Å². The van der Waals surface area contributed by atoms with Crippen LogP contribution in [0.1, 0.15) is 17.6 Å². The fraction of sp³-hybridized carbons (Fsp3) is 0.0667. The molecule has 1 aromatic heterocycles. The lowest BCUT2D eigenvalue weighted by Gasteiger charge is -2.04. The molecule has 0 saturated carbocycles. The van der Waals surface area contributed by atoms with Crippen LogP contribution in [-0.4, -0.2) is 15.2 Å². The quantitative estimate of drug-likeness (QED) is 0.797. The monoisotopic (exact) mass is 330 g/mol. The molecule has 20 heavy (non-hydrogen) atoms. The number of aromatic nitrogens is 2. The average molecular weight is 331 g/mol. The van der Waals surface area contributed by atoms with Gasteiger partial charge in [0, 0.05) is 10.0 Å². The van der Waals surface area contributed by atoms with Crippen molar-refractivity contribution in [3.63, 3.8) is 0 Å². The smallest absolute Gasteiger partial charge is 0.260 e. The van der Waals surface area contributed by atoms with Gasteiger partial charge >= 0.3 is 0 Å². The van der Waals surface area contributed by atoms with Gasteiger partial charge in [-0.15, -0.1) is 0 Å². The van der Waals surface area contributed by atoms with E-state index < -0.39 is 6.10 Å². The molecule has 100 valence electrons. The number of halogens is 1. The van der Waals surface area contributed by atoms with Crippen LogP contribution in [0.5, 0.6) is 0 Å². The zero-order chi connectivity index (χ0) is 13.9. The van der Waals surface area contributed by atoms with Crippen molar-refractivity contribution in [2.75, 3.05) is 0 Å². The van der Waals surface area contributed by atoms with Crippen LogP contribution < -0.4 is 0 Å². The maximum absolute atomic E-state index is 10.2. The minimum Gasteiger partial charge on any atom is -0.378 e. The Morgan fingerprint density at radius 2 is 1.70 bits per heavy atom. The molecule has 0 fully saturated rings. The summed E-state index contributed by atoms with van der Waals surface area (Å²) >= 11 is 3.44. The largest absolute Gasteiger partial charge is 0.378 e. The van der Waals surface area contributed by atoms with Gasteiger partial charge in [-0.3, -0.25) is 0 Å². The standard InChI is InChI=1S/C15H11BrN2O2/c16-12-9-5-4-8-11(12)14-17-15(20-18-14)13(19)10-6-2-1-3-7-10/h1-9,13,19H. The highest BCUT2D eigenvalue weighted by atomic mass is 79.9. The number of nitrogens with zero attached hydrogens (tertiary/aromatic N) is 2. The van der Waals surface area contributed by atoms with Crippen molar-refractivity contribution in [1.29, 1.82) is 0 Å². The Balaban J connectivity index is 1.93. The molecule has 0 radical (unpaired) electrons. The van der Waals surface area contributed by atoms with E-state index in [1.54, 1.807) is 0 Å². The van der Waals surface area contributed by atoms with Gasteiger partial charge < -0.3 is 9.63 Å². The maximum atomic E-state index is 10.2. The number of benzene rings is 2. The SMILES string of the molecule is OC(c1ccccc1)c1nc(-c2ccccc2Br)no1. The molecule has 0 aliphatic carbocycles. The highest BCUT2D eigenvalue weighted by Gasteiger charge is 2.19. The lowest BCUT2D eigenvalue weighted by molar-refractivity contribution is 0.170. The Morgan fingerprint density at radius 1 is 1.00 bits per heavy atom. The summed E-state index contributed by atoms with van der Waals surface area (Å²) < 4.78 is 6.03. The molecule has 3 rings (SSSR count). The summed E-state index contributed by atoms with van der Waals surface area (Å²) in [6.45, 7) is 0. The zero-order valence-corrected chi connectivity index (χ0v) is 12.0. The highest BCUT2D eigenvalue weighted by Crippen LogP contribution is 2.27. The van der Waals surface area contributed by atoms with Gasteiger partial charge in [0.1, 0.15) is 0 Å². The first-order chi connectivity index (χ1) is 9.75. The van der Waals surface area contributed by atoms with E-state index >= 15 is 0 Å². The van der Waals surface area contributed by atoms with Gasteiger partial charge in [-0.1, -0.05) is 63.6 Å². The van der Waals surface area contributed by atoms with Gasteiger partial charge in [-0.2, -0.15) is 4.98 Å². The number of hydrogen-bond acceptors (Lipinski definition) is 4. The lowest BCUT2D eigenvalue weighted by atomic mass is 10.1. The number of hydrogen-bond donors (Lipinski definition) is 1. The van der Waals surface area contributed by atoms with Gasteiger partial charge in [0.15, 0.2) is 6.10 Å². The Labute approximate surface area is 124 Å². The number of rotatable bonds is 3. The molecule has 0 aliphatic heterocycles. The molecule has 5 heteroatoms. The van der Waals surface area contributed by atoms with Crippen LogP contribution in [0.3, 0.4) is 0 Å². The number of aliphatic hydroxyl groups is 1. The molecule has 0 spiro atoms. The van der Waals surface area contributed by atoms with Gasteiger partial charge in [0.05, 0.1) is 0 Å². The Hall–Kier alpha value is -1.98. The van der Waals surface area contributed by atoms with Crippen LogP contribution in [0.15, 0.2) is 63.6 Å². The predicted molar refractivity (Wildman–Crippen MR) is 77.9 cm³/mol. The molecule has 1 N–H and O–H groups in total. The van der Waals surface area contributed by atoms with E-state index in [1.807, 2.05) is 54.6 Å². The molecule has 0 bridgehead atoms. The summed E-state index contributed by atoms with van der Waals surface area (Å²) in [5.41, 5.74) is 1.54. The van der Waals surface area contributed by atoms with Crippen LogP contribution in [0, 0.1) is 0 Å². The van der Waals surface area contributed by atoms with E-state index in [0.717, 1.165) is 15.6 Å². The van der Waals surface area contributed by atoms with Crippen molar-refractivity contribution in [2.24, 2.45) is 0 Å². The van der Waals surface area contributed by atoms with Crippen LogP contribution in [0.4, 0.5) is 0 Å². The maximum Gasteiger partial charge on any atom is 0.260 e. The van der Waals surface area contributed by atoms with Crippen LogP contribution >= 0.6 is 15.9 Å². The minimum absolute atomic E-state index is 0.182. The molecule has 0 amide bonds. The normalized spacial score (nSPS) is 12.3. The molecular formula is C15H11BrN2O2. The summed E-state index contributed by atoms with van der Waals surface area (Å²) in [5, 5.41) is 14.1. The predicted octanol–water partition coefficient (Wildman–Crippen LogP) is 3.58. The molecule has 4 nitrogen and oxygen atoms in total. The Kier molecular flexibility index (Phi) is 3.62.